The maximum atomic E-state index is 12.9. The summed E-state index contributed by atoms with van der Waals surface area (Å²) in [4.78, 5) is 38.2. The number of ether oxygens (including phenoxy) is 3. The summed E-state index contributed by atoms with van der Waals surface area (Å²) in [6.07, 6.45) is 74.6. The van der Waals surface area contributed by atoms with E-state index < -0.39 is 6.10 Å². The van der Waals surface area contributed by atoms with E-state index in [1.54, 1.807) is 0 Å². The Labute approximate surface area is 433 Å². The van der Waals surface area contributed by atoms with Gasteiger partial charge >= 0.3 is 17.9 Å². The molecule has 0 rings (SSSR count). The zero-order chi connectivity index (χ0) is 50.7. The van der Waals surface area contributed by atoms with Crippen LogP contribution in [0.1, 0.15) is 297 Å². The van der Waals surface area contributed by atoms with Gasteiger partial charge in [-0.3, -0.25) is 14.4 Å². The van der Waals surface area contributed by atoms with Gasteiger partial charge in [-0.1, -0.05) is 241 Å². The normalized spacial score (nSPS) is 12.6. The summed E-state index contributed by atoms with van der Waals surface area (Å²) in [5, 5.41) is 0. The number of carbonyl (C=O) groups excluding carboxylic acids is 3. The van der Waals surface area contributed by atoms with Crippen molar-refractivity contribution in [3.05, 3.63) is 72.9 Å². The lowest BCUT2D eigenvalue weighted by Gasteiger charge is -2.18. The number of carbonyl (C=O) groups is 3. The van der Waals surface area contributed by atoms with Gasteiger partial charge < -0.3 is 14.2 Å². The van der Waals surface area contributed by atoms with Crippen LogP contribution in [0, 0.1) is 0 Å². The van der Waals surface area contributed by atoms with Crippen molar-refractivity contribution in [1.82, 2.24) is 0 Å². The van der Waals surface area contributed by atoms with Gasteiger partial charge in [-0.15, -0.1) is 0 Å². The van der Waals surface area contributed by atoms with Crippen LogP contribution in [0.25, 0.3) is 0 Å². The largest absolute Gasteiger partial charge is 0.462 e. The van der Waals surface area contributed by atoms with Gasteiger partial charge in [0, 0.05) is 19.3 Å². The van der Waals surface area contributed by atoms with E-state index in [4.69, 9.17) is 14.2 Å². The van der Waals surface area contributed by atoms with Gasteiger partial charge in [-0.05, 0) is 109 Å². The molecule has 0 spiro atoms. The molecule has 0 heterocycles. The molecule has 0 aromatic heterocycles. The van der Waals surface area contributed by atoms with Gasteiger partial charge in [0.2, 0.25) is 0 Å². The van der Waals surface area contributed by atoms with E-state index in [1.165, 1.54) is 161 Å². The molecule has 6 nitrogen and oxygen atoms in total. The molecule has 0 bridgehead atoms. The Morgan fingerprint density at radius 3 is 0.886 bits per heavy atom. The highest BCUT2D eigenvalue weighted by Crippen LogP contribution is 2.15. The first-order valence-electron chi connectivity index (χ1n) is 29.9. The van der Waals surface area contributed by atoms with Crippen molar-refractivity contribution in [2.24, 2.45) is 0 Å². The lowest BCUT2D eigenvalue weighted by Crippen LogP contribution is -2.30. The van der Waals surface area contributed by atoms with Crippen LogP contribution in [0.4, 0.5) is 0 Å². The third-order valence-electron chi connectivity index (χ3n) is 12.9. The van der Waals surface area contributed by atoms with Crippen LogP contribution < -0.4 is 0 Å². The quantitative estimate of drug-likeness (QED) is 0.0261. The molecule has 0 aliphatic carbocycles. The van der Waals surface area contributed by atoms with E-state index in [2.05, 4.69) is 93.7 Å². The van der Waals surface area contributed by atoms with Gasteiger partial charge in [0.1, 0.15) is 13.2 Å². The molecule has 0 aliphatic rings. The number of allylic oxidation sites excluding steroid dienone is 12. The maximum absolute atomic E-state index is 12.9. The van der Waals surface area contributed by atoms with Crippen molar-refractivity contribution >= 4 is 17.9 Å². The van der Waals surface area contributed by atoms with E-state index in [9.17, 15) is 14.4 Å². The first kappa shape index (κ1) is 66.9. The second-order valence-corrected chi connectivity index (χ2v) is 19.9. The molecule has 0 saturated heterocycles. The zero-order valence-corrected chi connectivity index (χ0v) is 46.3. The lowest BCUT2D eigenvalue weighted by molar-refractivity contribution is -0.167. The highest BCUT2D eigenvalue weighted by atomic mass is 16.6. The summed E-state index contributed by atoms with van der Waals surface area (Å²) in [7, 11) is 0. The second-order valence-electron chi connectivity index (χ2n) is 19.9. The molecule has 0 radical (unpaired) electrons. The molecule has 0 aromatic carbocycles. The number of rotatable bonds is 54. The Bertz CT molecular complexity index is 1310. The van der Waals surface area contributed by atoms with Crippen LogP contribution >= 0.6 is 0 Å². The fourth-order valence-electron chi connectivity index (χ4n) is 8.42. The maximum Gasteiger partial charge on any atom is 0.306 e. The van der Waals surface area contributed by atoms with Crippen molar-refractivity contribution < 1.29 is 28.6 Å². The van der Waals surface area contributed by atoms with Gasteiger partial charge in [-0.25, -0.2) is 0 Å². The fraction of sp³-hybridized carbons (Fsp3) is 0.766. The number of hydrogen-bond acceptors (Lipinski definition) is 6. The van der Waals surface area contributed by atoms with E-state index >= 15 is 0 Å². The molecule has 404 valence electrons. The molecule has 1 atom stereocenters. The third kappa shape index (κ3) is 55.8. The highest BCUT2D eigenvalue weighted by Gasteiger charge is 2.19. The predicted molar refractivity (Wildman–Crippen MR) is 302 cm³/mol. The van der Waals surface area contributed by atoms with Crippen LogP contribution in [0.5, 0.6) is 0 Å². The van der Waals surface area contributed by atoms with Crippen molar-refractivity contribution in [3.63, 3.8) is 0 Å². The van der Waals surface area contributed by atoms with Crippen LogP contribution in [-0.4, -0.2) is 37.2 Å². The minimum atomic E-state index is -0.786. The molecule has 1 unspecified atom stereocenters. The molecule has 0 fully saturated rings. The monoisotopic (exact) mass is 977 g/mol. The third-order valence-corrected chi connectivity index (χ3v) is 12.9. The van der Waals surface area contributed by atoms with Gasteiger partial charge in [0.15, 0.2) is 6.10 Å². The Balaban J connectivity index is 4.39. The minimum absolute atomic E-state index is 0.0841. The molecular formula is C64H112O6. The number of unbranched alkanes of at least 4 members (excludes halogenated alkanes) is 31. The minimum Gasteiger partial charge on any atom is -0.462 e. The first-order valence-corrected chi connectivity index (χ1v) is 29.9. The lowest BCUT2D eigenvalue weighted by atomic mass is 10.1. The van der Waals surface area contributed by atoms with E-state index in [0.29, 0.717) is 19.3 Å². The Morgan fingerprint density at radius 1 is 0.300 bits per heavy atom. The molecule has 0 N–H and O–H groups in total. The fourth-order valence-corrected chi connectivity index (χ4v) is 8.42. The molecule has 0 aromatic rings. The van der Waals surface area contributed by atoms with Crippen molar-refractivity contribution in [2.75, 3.05) is 13.2 Å². The van der Waals surface area contributed by atoms with E-state index in [0.717, 1.165) is 96.3 Å². The van der Waals surface area contributed by atoms with Crippen molar-refractivity contribution in [2.45, 2.75) is 303 Å². The van der Waals surface area contributed by atoms with Crippen molar-refractivity contribution in [3.8, 4) is 0 Å². The van der Waals surface area contributed by atoms with Crippen LogP contribution in [0.3, 0.4) is 0 Å². The summed E-state index contributed by atoms with van der Waals surface area (Å²) in [6, 6.07) is 0. The average molecular weight is 978 g/mol. The standard InChI is InChI=1S/C64H112O6/c1-4-7-10-13-16-19-22-25-28-30-32-34-36-39-42-45-48-51-54-57-63(66)69-60-61(59-68-62(65)56-53-50-47-44-41-38-27-24-21-18-15-12-9-6-3)70-64(67)58-55-52-49-46-43-40-37-35-33-31-29-26-23-20-17-14-11-8-5-2/h7,10,16,19,24-29,32,34,61H,4-6,8-9,11-15,17-18,20-23,30-31,33,35-60H2,1-3H3/b10-7-,19-16-,27-24-,28-25-,29-26-,34-32-. The molecule has 0 amide bonds. The Morgan fingerprint density at radius 2 is 0.557 bits per heavy atom. The summed E-state index contributed by atoms with van der Waals surface area (Å²) in [5.41, 5.74) is 0. The molecule has 0 saturated carbocycles. The molecule has 6 heteroatoms. The van der Waals surface area contributed by atoms with Gasteiger partial charge in [-0.2, -0.15) is 0 Å². The SMILES string of the molecule is CC/C=C\C/C=C\C/C=C\C/C=C\CCCCCCCCC(=O)OCC(COC(=O)CCCCCCC/C=C\CCCCCCC)OC(=O)CCCCCCCCCCC/C=C\CCCCCCCC. The second kappa shape index (κ2) is 58.4. The molecule has 70 heavy (non-hydrogen) atoms. The number of esters is 3. The van der Waals surface area contributed by atoms with E-state index in [1.807, 2.05) is 0 Å². The van der Waals surface area contributed by atoms with Gasteiger partial charge in [0.05, 0.1) is 0 Å². The first-order chi connectivity index (χ1) is 34.5. The summed E-state index contributed by atoms with van der Waals surface area (Å²) in [5.74, 6) is -0.898. The average Bonchev–Trinajstić information content (AvgIpc) is 3.36. The predicted octanol–water partition coefficient (Wildman–Crippen LogP) is 20.2. The summed E-state index contributed by atoms with van der Waals surface area (Å²) < 4.78 is 16.9. The summed E-state index contributed by atoms with van der Waals surface area (Å²) >= 11 is 0. The Kier molecular flexibility index (Phi) is 55.8. The van der Waals surface area contributed by atoms with Crippen LogP contribution in [0.15, 0.2) is 72.9 Å². The molecular weight excluding hydrogens is 865 g/mol. The van der Waals surface area contributed by atoms with Crippen molar-refractivity contribution in [1.29, 1.82) is 0 Å². The van der Waals surface area contributed by atoms with Gasteiger partial charge in [0.25, 0.3) is 0 Å². The van der Waals surface area contributed by atoms with Crippen LogP contribution in [-0.2, 0) is 28.6 Å². The number of hydrogen-bond donors (Lipinski definition) is 0. The smallest absolute Gasteiger partial charge is 0.306 e. The molecule has 0 aliphatic heterocycles. The Hall–Kier alpha value is -3.15. The highest BCUT2D eigenvalue weighted by molar-refractivity contribution is 5.71. The summed E-state index contributed by atoms with van der Waals surface area (Å²) in [6.45, 7) is 6.52. The van der Waals surface area contributed by atoms with E-state index in [-0.39, 0.29) is 31.1 Å². The van der Waals surface area contributed by atoms with Crippen LogP contribution in [0.2, 0.25) is 0 Å². The zero-order valence-electron chi connectivity index (χ0n) is 46.3. The topological polar surface area (TPSA) is 78.9 Å².